The first kappa shape index (κ1) is 16.2. The number of hydrogen-bond donors (Lipinski definition) is 0. The second kappa shape index (κ2) is 6.28. The lowest BCUT2D eigenvalue weighted by molar-refractivity contribution is 0.0988. The highest BCUT2D eigenvalue weighted by molar-refractivity contribution is 7.89. The number of hydrogen-bond acceptors (Lipinski definition) is 3. The van der Waals surface area contributed by atoms with Crippen molar-refractivity contribution < 1.29 is 13.2 Å². The zero-order chi connectivity index (χ0) is 15.6. The quantitative estimate of drug-likeness (QED) is 0.802. The summed E-state index contributed by atoms with van der Waals surface area (Å²) in [5, 5.41) is 0. The Morgan fingerprint density at radius 2 is 1.67 bits per heavy atom. The molecule has 1 aliphatic heterocycles. The second-order valence-corrected chi connectivity index (χ2v) is 7.61. The number of benzene rings is 1. The van der Waals surface area contributed by atoms with E-state index < -0.39 is 10.0 Å². The number of ketones is 1. The van der Waals surface area contributed by atoms with Crippen molar-refractivity contribution in [2.24, 2.45) is 0 Å². The summed E-state index contributed by atoms with van der Waals surface area (Å²) >= 11 is 0. The number of nitrogens with zero attached hydrogens (tertiary/aromatic N) is 1. The Morgan fingerprint density at radius 1 is 1.14 bits per heavy atom. The minimum absolute atomic E-state index is 0.0238. The minimum atomic E-state index is -3.49. The highest BCUT2D eigenvalue weighted by Gasteiger charge is 2.35. The van der Waals surface area contributed by atoms with Gasteiger partial charge < -0.3 is 0 Å². The van der Waals surface area contributed by atoms with Gasteiger partial charge in [0, 0.05) is 24.1 Å². The number of Topliss-reactive ketones (excluding diaryl/α,β-unsaturated/α-hetero) is 1. The third-order valence-corrected chi connectivity index (χ3v) is 6.33. The highest BCUT2D eigenvalue weighted by atomic mass is 32.2. The molecule has 0 N–H and O–H groups in total. The maximum atomic E-state index is 12.8. The molecule has 1 heterocycles. The van der Waals surface area contributed by atoms with Crippen LogP contribution in [0.15, 0.2) is 29.2 Å². The van der Waals surface area contributed by atoms with Crippen LogP contribution in [0.2, 0.25) is 0 Å². The van der Waals surface area contributed by atoms with Crippen molar-refractivity contribution in [2.75, 3.05) is 0 Å². The van der Waals surface area contributed by atoms with Crippen LogP contribution in [-0.4, -0.2) is 30.6 Å². The van der Waals surface area contributed by atoms with Crippen molar-refractivity contribution in [3.8, 4) is 0 Å². The van der Waals surface area contributed by atoms with E-state index in [0.717, 1.165) is 19.3 Å². The number of rotatable bonds is 4. The Kier molecular flexibility index (Phi) is 4.84. The SMILES string of the molecule is CCC(=O)c1ccc(S(=O)(=O)N2C(C)CCCC2C)cc1. The average Bonchev–Trinajstić information content (AvgIpc) is 2.46. The Labute approximate surface area is 127 Å². The van der Waals surface area contributed by atoms with Crippen molar-refractivity contribution in [3.05, 3.63) is 29.8 Å². The first-order valence-electron chi connectivity index (χ1n) is 7.54. The lowest BCUT2D eigenvalue weighted by atomic mass is 10.0. The molecule has 0 aliphatic carbocycles. The van der Waals surface area contributed by atoms with E-state index in [4.69, 9.17) is 0 Å². The molecule has 0 amide bonds. The van der Waals surface area contributed by atoms with Gasteiger partial charge in [0.2, 0.25) is 10.0 Å². The molecule has 4 nitrogen and oxygen atoms in total. The summed E-state index contributed by atoms with van der Waals surface area (Å²) in [5.74, 6) is 0.0265. The van der Waals surface area contributed by atoms with Gasteiger partial charge in [-0.05, 0) is 38.8 Å². The van der Waals surface area contributed by atoms with Crippen LogP contribution in [0.1, 0.15) is 56.8 Å². The van der Waals surface area contributed by atoms with Gasteiger partial charge >= 0.3 is 0 Å². The van der Waals surface area contributed by atoms with Crippen molar-refractivity contribution in [1.29, 1.82) is 0 Å². The molecule has 0 aromatic heterocycles. The summed E-state index contributed by atoms with van der Waals surface area (Å²) in [6.45, 7) is 5.72. The predicted octanol–water partition coefficient (Wildman–Crippen LogP) is 3.23. The van der Waals surface area contributed by atoms with Crippen LogP contribution in [0.4, 0.5) is 0 Å². The van der Waals surface area contributed by atoms with E-state index in [2.05, 4.69) is 0 Å². The lowest BCUT2D eigenvalue weighted by Crippen LogP contribution is -2.47. The van der Waals surface area contributed by atoms with E-state index in [1.54, 1.807) is 35.5 Å². The van der Waals surface area contributed by atoms with Crippen molar-refractivity contribution in [2.45, 2.75) is 63.4 Å². The Bertz CT molecular complexity index is 597. The van der Waals surface area contributed by atoms with E-state index >= 15 is 0 Å². The van der Waals surface area contributed by atoms with Gasteiger partial charge in [-0.2, -0.15) is 4.31 Å². The van der Waals surface area contributed by atoms with Gasteiger partial charge in [-0.3, -0.25) is 4.79 Å². The number of carbonyl (C=O) groups excluding carboxylic acids is 1. The largest absolute Gasteiger partial charge is 0.294 e. The van der Waals surface area contributed by atoms with Crippen molar-refractivity contribution >= 4 is 15.8 Å². The maximum Gasteiger partial charge on any atom is 0.243 e. The summed E-state index contributed by atoms with van der Waals surface area (Å²) in [5.41, 5.74) is 0.566. The van der Waals surface area contributed by atoms with Gasteiger partial charge in [0.15, 0.2) is 5.78 Å². The van der Waals surface area contributed by atoms with E-state index in [-0.39, 0.29) is 22.8 Å². The third kappa shape index (κ3) is 3.19. The Morgan fingerprint density at radius 3 is 2.14 bits per heavy atom. The zero-order valence-corrected chi connectivity index (χ0v) is 13.7. The lowest BCUT2D eigenvalue weighted by Gasteiger charge is -2.37. The summed E-state index contributed by atoms with van der Waals surface area (Å²) in [6.07, 6.45) is 3.29. The van der Waals surface area contributed by atoms with Crippen molar-refractivity contribution in [1.82, 2.24) is 4.31 Å². The molecular formula is C16H23NO3S. The van der Waals surface area contributed by atoms with Gasteiger partial charge in [-0.1, -0.05) is 25.5 Å². The third-order valence-electron chi connectivity index (χ3n) is 4.19. The fraction of sp³-hybridized carbons (Fsp3) is 0.562. The molecule has 1 aromatic carbocycles. The fourth-order valence-corrected chi connectivity index (χ4v) is 4.89. The van der Waals surface area contributed by atoms with Crippen LogP contribution >= 0.6 is 0 Å². The summed E-state index contributed by atoms with van der Waals surface area (Å²) in [6, 6.07) is 6.36. The molecule has 5 heteroatoms. The van der Waals surface area contributed by atoms with E-state index in [1.807, 2.05) is 13.8 Å². The molecule has 1 aromatic rings. The predicted molar refractivity (Wildman–Crippen MR) is 82.9 cm³/mol. The molecule has 0 saturated carbocycles. The van der Waals surface area contributed by atoms with Crippen LogP contribution in [0.3, 0.4) is 0 Å². The molecular weight excluding hydrogens is 286 g/mol. The fourth-order valence-electron chi connectivity index (χ4n) is 3.01. The zero-order valence-electron chi connectivity index (χ0n) is 12.9. The molecule has 2 unspecified atom stereocenters. The Balaban J connectivity index is 2.33. The highest BCUT2D eigenvalue weighted by Crippen LogP contribution is 2.29. The van der Waals surface area contributed by atoms with E-state index in [1.165, 1.54) is 0 Å². The molecule has 1 saturated heterocycles. The molecule has 0 radical (unpaired) electrons. The van der Waals surface area contributed by atoms with Gasteiger partial charge in [0.1, 0.15) is 0 Å². The molecule has 21 heavy (non-hydrogen) atoms. The first-order chi connectivity index (χ1) is 9.87. The number of piperidine rings is 1. The van der Waals surface area contributed by atoms with Crippen LogP contribution in [0.25, 0.3) is 0 Å². The first-order valence-corrected chi connectivity index (χ1v) is 8.98. The van der Waals surface area contributed by atoms with Crippen LogP contribution in [0, 0.1) is 0 Å². The Hall–Kier alpha value is -1.20. The van der Waals surface area contributed by atoms with Gasteiger partial charge in [0.05, 0.1) is 4.90 Å². The summed E-state index contributed by atoms with van der Waals surface area (Å²) < 4.78 is 27.2. The van der Waals surface area contributed by atoms with E-state index in [9.17, 15) is 13.2 Å². The van der Waals surface area contributed by atoms with Crippen molar-refractivity contribution in [3.63, 3.8) is 0 Å². The average molecular weight is 309 g/mol. The summed E-state index contributed by atoms with van der Waals surface area (Å²) in [7, 11) is -3.49. The van der Waals surface area contributed by atoms with E-state index in [0.29, 0.717) is 12.0 Å². The number of carbonyl (C=O) groups is 1. The molecule has 2 rings (SSSR count). The normalized spacial score (nSPS) is 24.0. The molecule has 1 fully saturated rings. The molecule has 116 valence electrons. The second-order valence-electron chi connectivity index (χ2n) is 5.77. The molecule has 0 spiro atoms. The molecule has 1 aliphatic rings. The molecule has 0 bridgehead atoms. The minimum Gasteiger partial charge on any atom is -0.294 e. The van der Waals surface area contributed by atoms with Gasteiger partial charge in [0.25, 0.3) is 0 Å². The maximum absolute atomic E-state index is 12.8. The van der Waals surface area contributed by atoms with Gasteiger partial charge in [-0.15, -0.1) is 0 Å². The standard InChI is InChI=1S/C16H23NO3S/c1-4-16(18)14-8-10-15(11-9-14)21(19,20)17-12(2)6-5-7-13(17)3/h8-13H,4-7H2,1-3H3. The summed E-state index contributed by atoms with van der Waals surface area (Å²) in [4.78, 5) is 11.9. The topological polar surface area (TPSA) is 54.5 Å². The van der Waals surface area contributed by atoms with Crippen LogP contribution < -0.4 is 0 Å². The molecule has 2 atom stereocenters. The smallest absolute Gasteiger partial charge is 0.243 e. The van der Waals surface area contributed by atoms with Crippen LogP contribution in [-0.2, 0) is 10.0 Å². The monoisotopic (exact) mass is 309 g/mol. The van der Waals surface area contributed by atoms with Gasteiger partial charge in [-0.25, -0.2) is 8.42 Å². The van der Waals surface area contributed by atoms with Crippen LogP contribution in [0.5, 0.6) is 0 Å². The number of sulfonamides is 1.